The van der Waals surface area contributed by atoms with Gasteiger partial charge in [-0.1, -0.05) is 20.3 Å². The summed E-state index contributed by atoms with van der Waals surface area (Å²) in [7, 11) is 1.64. The van der Waals surface area contributed by atoms with E-state index in [1.165, 1.54) is 0 Å². The van der Waals surface area contributed by atoms with Crippen LogP contribution in [0.25, 0.3) is 33.7 Å². The Kier molecular flexibility index (Phi) is 6.65. The summed E-state index contributed by atoms with van der Waals surface area (Å²) in [4.78, 5) is 25.1. The second kappa shape index (κ2) is 9.78. The van der Waals surface area contributed by atoms with Crippen LogP contribution in [0.3, 0.4) is 0 Å². The Labute approximate surface area is 185 Å². The number of methoxy groups -OCH3 is 1. The molecule has 9 nitrogen and oxygen atoms in total. The van der Waals surface area contributed by atoms with Gasteiger partial charge in [0.05, 0.1) is 37.3 Å². The lowest BCUT2D eigenvalue weighted by Crippen LogP contribution is -2.11. The van der Waals surface area contributed by atoms with E-state index in [0.29, 0.717) is 60.2 Å². The molecule has 4 rings (SSSR count). The molecule has 1 N–H and O–H groups in total. The van der Waals surface area contributed by atoms with Crippen LogP contribution in [0.4, 0.5) is 0 Å². The molecular weight excluding hydrogens is 410 g/mol. The molecule has 0 fully saturated rings. The number of aromatic amines is 1. The number of pyridine rings is 1. The molecule has 0 saturated carbocycles. The highest BCUT2D eigenvalue weighted by Gasteiger charge is 2.19. The Morgan fingerprint density at radius 1 is 1.22 bits per heavy atom. The summed E-state index contributed by atoms with van der Waals surface area (Å²) < 4.78 is 18.4. The van der Waals surface area contributed by atoms with Gasteiger partial charge in [-0.2, -0.15) is 5.10 Å². The maximum absolute atomic E-state index is 12.9. The highest BCUT2D eigenvalue weighted by Crippen LogP contribution is 2.31. The van der Waals surface area contributed by atoms with E-state index in [4.69, 9.17) is 18.9 Å². The summed E-state index contributed by atoms with van der Waals surface area (Å²) in [5, 5.41) is 4.47. The van der Waals surface area contributed by atoms with Crippen molar-refractivity contribution in [1.29, 1.82) is 0 Å². The highest BCUT2D eigenvalue weighted by atomic mass is 16.5. The van der Waals surface area contributed by atoms with Gasteiger partial charge in [0.2, 0.25) is 5.88 Å². The molecule has 0 aliphatic heterocycles. The summed E-state index contributed by atoms with van der Waals surface area (Å²) in [5.74, 6) is 1.47. The largest absolute Gasteiger partial charge is 0.477 e. The molecule has 0 saturated heterocycles. The molecule has 0 spiro atoms. The first kappa shape index (κ1) is 21.8. The topological polar surface area (TPSA) is 108 Å². The predicted octanol–water partition coefficient (Wildman–Crippen LogP) is 3.83. The van der Waals surface area contributed by atoms with Crippen LogP contribution in [0, 0.1) is 0 Å². The van der Waals surface area contributed by atoms with Gasteiger partial charge in [0.1, 0.15) is 17.1 Å². The minimum absolute atomic E-state index is 0.307. The number of hydrogen-bond donors (Lipinski definition) is 1. The number of furan rings is 1. The zero-order valence-corrected chi connectivity index (χ0v) is 18.6. The van der Waals surface area contributed by atoms with Crippen molar-refractivity contribution in [1.82, 2.24) is 24.7 Å². The molecule has 4 heterocycles. The average molecular weight is 438 g/mol. The second-order valence-corrected chi connectivity index (χ2v) is 7.38. The Balaban J connectivity index is 1.85. The fourth-order valence-corrected chi connectivity index (χ4v) is 3.53. The molecule has 168 valence electrons. The number of ether oxygens (including phenoxy) is 2. The van der Waals surface area contributed by atoms with Crippen LogP contribution in [0.1, 0.15) is 32.4 Å². The molecule has 0 aliphatic rings. The van der Waals surface area contributed by atoms with Crippen LogP contribution in [0.15, 0.2) is 39.9 Å². The van der Waals surface area contributed by atoms with E-state index >= 15 is 0 Å². The summed E-state index contributed by atoms with van der Waals surface area (Å²) in [6, 6.07) is 5.54. The third-order valence-corrected chi connectivity index (χ3v) is 5.19. The van der Waals surface area contributed by atoms with Crippen LogP contribution >= 0.6 is 0 Å². The van der Waals surface area contributed by atoms with Crippen LogP contribution < -0.4 is 10.3 Å². The summed E-state index contributed by atoms with van der Waals surface area (Å²) in [6.07, 6.45) is 5.88. The minimum atomic E-state index is -0.307. The van der Waals surface area contributed by atoms with Gasteiger partial charge >= 0.3 is 0 Å². The molecule has 0 aliphatic carbocycles. The van der Waals surface area contributed by atoms with E-state index in [-0.39, 0.29) is 5.56 Å². The standard InChI is InChI=1S/C23H27N5O4/c1-4-6-10-32-23-16(13-15(14-24-23)18-8-7-11-31-18)21-25-19-17(5-2)28(9-12-30-3)27-20(19)22(29)26-21/h7-8,11,13-14H,4-6,9-10,12H2,1-3H3,(H,25,26,29). The quantitative estimate of drug-likeness (QED) is 0.376. The number of rotatable bonds is 10. The van der Waals surface area contributed by atoms with Gasteiger partial charge in [-0.05, 0) is 31.0 Å². The van der Waals surface area contributed by atoms with Crippen molar-refractivity contribution in [2.45, 2.75) is 39.7 Å². The van der Waals surface area contributed by atoms with Crippen molar-refractivity contribution >= 4 is 11.0 Å². The highest BCUT2D eigenvalue weighted by molar-refractivity contribution is 5.80. The monoisotopic (exact) mass is 437 g/mol. The van der Waals surface area contributed by atoms with Crippen LogP contribution in [0.5, 0.6) is 5.88 Å². The second-order valence-electron chi connectivity index (χ2n) is 7.38. The van der Waals surface area contributed by atoms with Crippen molar-refractivity contribution in [2.24, 2.45) is 0 Å². The van der Waals surface area contributed by atoms with Crippen molar-refractivity contribution in [3.05, 3.63) is 46.7 Å². The van der Waals surface area contributed by atoms with Gasteiger partial charge in [0.15, 0.2) is 5.52 Å². The Morgan fingerprint density at radius 2 is 2.09 bits per heavy atom. The first-order chi connectivity index (χ1) is 15.7. The fourth-order valence-electron chi connectivity index (χ4n) is 3.53. The predicted molar refractivity (Wildman–Crippen MR) is 121 cm³/mol. The normalized spacial score (nSPS) is 11.3. The summed E-state index contributed by atoms with van der Waals surface area (Å²) >= 11 is 0. The van der Waals surface area contributed by atoms with Gasteiger partial charge in [-0.15, -0.1) is 0 Å². The number of aromatic nitrogens is 5. The molecule has 0 atom stereocenters. The molecule has 9 heteroatoms. The van der Waals surface area contributed by atoms with E-state index in [2.05, 4.69) is 22.0 Å². The Morgan fingerprint density at radius 3 is 2.81 bits per heavy atom. The first-order valence-corrected chi connectivity index (χ1v) is 10.8. The molecular formula is C23H27N5O4. The number of H-pyrrole nitrogens is 1. The van der Waals surface area contributed by atoms with Crippen molar-refractivity contribution in [3.63, 3.8) is 0 Å². The number of nitrogens with one attached hydrogen (secondary N) is 1. The zero-order valence-electron chi connectivity index (χ0n) is 18.6. The number of unbranched alkanes of at least 4 members (excludes halogenated alkanes) is 1. The first-order valence-electron chi connectivity index (χ1n) is 10.8. The lowest BCUT2D eigenvalue weighted by molar-refractivity contribution is 0.183. The summed E-state index contributed by atoms with van der Waals surface area (Å²) in [6.45, 7) is 5.68. The maximum atomic E-state index is 12.9. The lowest BCUT2D eigenvalue weighted by atomic mass is 10.1. The number of hydrogen-bond acceptors (Lipinski definition) is 7. The third-order valence-electron chi connectivity index (χ3n) is 5.19. The molecule has 0 aromatic carbocycles. The minimum Gasteiger partial charge on any atom is -0.477 e. The van der Waals surface area contributed by atoms with E-state index in [0.717, 1.165) is 24.1 Å². The van der Waals surface area contributed by atoms with Gasteiger partial charge in [-0.25, -0.2) is 9.97 Å². The van der Waals surface area contributed by atoms with E-state index in [9.17, 15) is 4.79 Å². The number of fused-ring (bicyclic) bond motifs is 1. The van der Waals surface area contributed by atoms with Crippen molar-refractivity contribution in [2.75, 3.05) is 20.3 Å². The summed E-state index contributed by atoms with van der Waals surface area (Å²) in [5.41, 5.74) is 2.82. The van der Waals surface area contributed by atoms with Crippen molar-refractivity contribution < 1.29 is 13.9 Å². The SMILES string of the molecule is CCCCOc1ncc(-c2ccco2)cc1-c1nc2c(CC)n(CCOC)nc2c(=O)[nH]1. The average Bonchev–Trinajstić information content (AvgIpc) is 3.46. The van der Waals surface area contributed by atoms with Crippen molar-refractivity contribution in [3.8, 4) is 28.6 Å². The molecule has 0 amide bonds. The number of nitrogens with zero attached hydrogens (tertiary/aromatic N) is 4. The Hall–Kier alpha value is -3.46. The third kappa shape index (κ3) is 4.29. The van der Waals surface area contributed by atoms with Crippen LogP contribution in [0.2, 0.25) is 0 Å². The lowest BCUT2D eigenvalue weighted by Gasteiger charge is -2.11. The molecule has 0 bridgehead atoms. The van der Waals surface area contributed by atoms with E-state index in [1.807, 2.05) is 25.1 Å². The smallest absolute Gasteiger partial charge is 0.279 e. The van der Waals surface area contributed by atoms with Gasteiger partial charge in [0, 0.05) is 18.9 Å². The Bertz CT molecular complexity index is 1240. The molecule has 0 radical (unpaired) electrons. The fraction of sp³-hybridized carbons (Fsp3) is 0.391. The number of aryl methyl sites for hydroxylation is 1. The molecule has 4 aromatic heterocycles. The molecule has 0 unspecified atom stereocenters. The van der Waals surface area contributed by atoms with Crippen LogP contribution in [-0.2, 0) is 17.7 Å². The maximum Gasteiger partial charge on any atom is 0.279 e. The molecule has 32 heavy (non-hydrogen) atoms. The van der Waals surface area contributed by atoms with E-state index in [1.54, 1.807) is 24.3 Å². The van der Waals surface area contributed by atoms with Crippen LogP contribution in [-0.4, -0.2) is 45.1 Å². The molecule has 4 aromatic rings. The van der Waals surface area contributed by atoms with E-state index < -0.39 is 0 Å². The zero-order chi connectivity index (χ0) is 22.5. The van der Waals surface area contributed by atoms with Gasteiger partial charge in [0.25, 0.3) is 5.56 Å². The van der Waals surface area contributed by atoms with Gasteiger partial charge < -0.3 is 18.9 Å². The van der Waals surface area contributed by atoms with Gasteiger partial charge in [-0.3, -0.25) is 9.48 Å².